The summed E-state index contributed by atoms with van der Waals surface area (Å²) in [6.07, 6.45) is 0.247. The van der Waals surface area contributed by atoms with Crippen LogP contribution in [0.2, 0.25) is 0 Å². The third-order valence-electron chi connectivity index (χ3n) is 5.14. The van der Waals surface area contributed by atoms with Crippen LogP contribution >= 0.6 is 0 Å². The molecule has 2 unspecified atom stereocenters. The van der Waals surface area contributed by atoms with Crippen LogP contribution in [0.4, 0.5) is 11.4 Å². The van der Waals surface area contributed by atoms with E-state index < -0.39 is 23.3 Å². The lowest BCUT2D eigenvalue weighted by Gasteiger charge is -2.29. The van der Waals surface area contributed by atoms with Crippen LogP contribution in [0.1, 0.15) is 19.4 Å². The summed E-state index contributed by atoms with van der Waals surface area (Å²) in [7, 11) is 0. The van der Waals surface area contributed by atoms with Crippen molar-refractivity contribution in [1.82, 2.24) is 0 Å². The van der Waals surface area contributed by atoms with Gasteiger partial charge >= 0.3 is 5.97 Å². The number of hydrogen-bond acceptors (Lipinski definition) is 3. The van der Waals surface area contributed by atoms with Gasteiger partial charge in [-0.25, -0.2) is 9.00 Å². The van der Waals surface area contributed by atoms with Crippen LogP contribution in [0.3, 0.4) is 0 Å². The SMILES string of the molecule is CC(C)C(C(=O)O)N(c1ccc(-c2ccc(CC(=O)Nc3ccccc3)cc2)cc1)S(=O)O. The summed E-state index contributed by atoms with van der Waals surface area (Å²) in [5.74, 6) is -1.64. The van der Waals surface area contributed by atoms with Crippen LogP contribution in [0.15, 0.2) is 78.9 Å². The number of benzene rings is 3. The Kier molecular flexibility index (Phi) is 7.97. The Morgan fingerprint density at radius 2 is 1.45 bits per heavy atom. The van der Waals surface area contributed by atoms with E-state index in [2.05, 4.69) is 5.32 Å². The number of rotatable bonds is 9. The van der Waals surface area contributed by atoms with Crippen molar-refractivity contribution < 1.29 is 23.5 Å². The molecule has 0 saturated carbocycles. The molecule has 3 aromatic carbocycles. The molecule has 1 amide bonds. The van der Waals surface area contributed by atoms with Crippen LogP contribution in [-0.2, 0) is 27.3 Å². The summed E-state index contributed by atoms with van der Waals surface area (Å²) in [6, 6.07) is 22.5. The van der Waals surface area contributed by atoms with Gasteiger partial charge in [0.1, 0.15) is 6.04 Å². The van der Waals surface area contributed by atoms with Crippen molar-refractivity contribution >= 4 is 34.5 Å². The Labute approximate surface area is 195 Å². The molecule has 0 fully saturated rings. The summed E-state index contributed by atoms with van der Waals surface area (Å²) in [6.45, 7) is 3.38. The zero-order chi connectivity index (χ0) is 24.0. The second kappa shape index (κ2) is 10.9. The second-order valence-corrected chi connectivity index (χ2v) is 8.77. The quantitative estimate of drug-likeness (QED) is 0.400. The number of amides is 1. The number of aliphatic carboxylic acids is 1. The first-order valence-corrected chi connectivity index (χ1v) is 11.5. The first-order valence-electron chi connectivity index (χ1n) is 10.4. The predicted octanol–water partition coefficient (Wildman–Crippen LogP) is 4.59. The molecule has 3 rings (SSSR count). The van der Waals surface area contributed by atoms with Crippen LogP contribution in [-0.4, -0.2) is 31.8 Å². The van der Waals surface area contributed by atoms with Crippen LogP contribution in [0.5, 0.6) is 0 Å². The monoisotopic (exact) mass is 466 g/mol. The molecule has 33 heavy (non-hydrogen) atoms. The molecule has 0 aromatic heterocycles. The molecule has 0 saturated heterocycles. The molecule has 0 aliphatic heterocycles. The predicted molar refractivity (Wildman–Crippen MR) is 130 cm³/mol. The number of nitrogens with one attached hydrogen (secondary N) is 1. The van der Waals surface area contributed by atoms with E-state index >= 15 is 0 Å². The van der Waals surface area contributed by atoms with Gasteiger partial charge in [0.05, 0.1) is 12.1 Å². The number of nitrogens with zero attached hydrogens (tertiary/aromatic N) is 1. The van der Waals surface area contributed by atoms with Gasteiger partial charge in [0.15, 0.2) is 0 Å². The molecule has 172 valence electrons. The summed E-state index contributed by atoms with van der Waals surface area (Å²) >= 11 is -2.49. The number of para-hydroxylation sites is 1. The van der Waals surface area contributed by atoms with Crippen molar-refractivity contribution in [2.45, 2.75) is 26.3 Å². The smallest absolute Gasteiger partial charge is 0.327 e. The van der Waals surface area contributed by atoms with Crippen LogP contribution in [0.25, 0.3) is 11.1 Å². The molecule has 8 heteroatoms. The molecule has 0 bridgehead atoms. The maximum Gasteiger partial charge on any atom is 0.327 e. The highest BCUT2D eigenvalue weighted by atomic mass is 32.2. The first-order chi connectivity index (χ1) is 15.8. The van der Waals surface area contributed by atoms with E-state index in [0.717, 1.165) is 26.7 Å². The third-order valence-corrected chi connectivity index (χ3v) is 5.91. The Bertz CT molecular complexity index is 1120. The van der Waals surface area contributed by atoms with Gasteiger partial charge < -0.3 is 10.4 Å². The fraction of sp³-hybridized carbons (Fsp3) is 0.200. The fourth-order valence-corrected chi connectivity index (χ4v) is 4.36. The minimum Gasteiger partial charge on any atom is -0.480 e. The summed E-state index contributed by atoms with van der Waals surface area (Å²) in [4.78, 5) is 23.9. The molecular weight excluding hydrogens is 440 g/mol. The van der Waals surface area contributed by atoms with Gasteiger partial charge in [0.2, 0.25) is 5.91 Å². The maximum atomic E-state index is 12.2. The van der Waals surface area contributed by atoms with Crippen molar-refractivity contribution in [2.75, 3.05) is 9.62 Å². The van der Waals surface area contributed by atoms with Crippen molar-refractivity contribution in [3.8, 4) is 11.1 Å². The molecule has 0 aliphatic carbocycles. The molecular formula is C25H26N2O5S. The van der Waals surface area contributed by atoms with E-state index in [9.17, 15) is 23.5 Å². The van der Waals surface area contributed by atoms with E-state index in [1.54, 1.807) is 38.1 Å². The Morgan fingerprint density at radius 1 is 0.909 bits per heavy atom. The Balaban J connectivity index is 1.72. The van der Waals surface area contributed by atoms with E-state index in [1.807, 2.05) is 54.6 Å². The summed E-state index contributed by atoms with van der Waals surface area (Å²) in [5, 5.41) is 12.4. The lowest BCUT2D eigenvalue weighted by atomic mass is 10.0. The van der Waals surface area contributed by atoms with Crippen LogP contribution in [0, 0.1) is 5.92 Å². The van der Waals surface area contributed by atoms with Crippen molar-refractivity contribution in [1.29, 1.82) is 0 Å². The normalized spacial score (nSPS) is 12.7. The van der Waals surface area contributed by atoms with Gasteiger partial charge in [-0.1, -0.05) is 68.4 Å². The summed E-state index contributed by atoms with van der Waals surface area (Å²) in [5.41, 5.74) is 3.73. The average Bonchev–Trinajstić information content (AvgIpc) is 2.78. The minimum atomic E-state index is -2.49. The molecule has 3 aromatic rings. The van der Waals surface area contributed by atoms with Crippen molar-refractivity contribution in [2.24, 2.45) is 5.92 Å². The van der Waals surface area contributed by atoms with Crippen LogP contribution < -0.4 is 9.62 Å². The molecule has 0 radical (unpaired) electrons. The molecule has 0 heterocycles. The van der Waals surface area contributed by atoms with Gasteiger partial charge in [-0.05, 0) is 46.9 Å². The Morgan fingerprint density at radius 3 is 1.94 bits per heavy atom. The average molecular weight is 467 g/mol. The second-order valence-electron chi connectivity index (χ2n) is 7.92. The van der Waals surface area contributed by atoms with Gasteiger partial charge in [0, 0.05) is 5.69 Å². The van der Waals surface area contributed by atoms with Gasteiger partial charge in [-0.15, -0.1) is 0 Å². The van der Waals surface area contributed by atoms with Crippen molar-refractivity contribution in [3.63, 3.8) is 0 Å². The zero-order valence-corrected chi connectivity index (χ0v) is 19.2. The van der Waals surface area contributed by atoms with Gasteiger partial charge in [-0.3, -0.25) is 13.7 Å². The fourth-order valence-electron chi connectivity index (χ4n) is 3.53. The van der Waals surface area contributed by atoms with E-state index in [-0.39, 0.29) is 18.2 Å². The standard InChI is InChI=1S/C25H26N2O5S/c1-17(2)24(25(29)30)27(33(31)32)22-14-12-20(13-15-22)19-10-8-18(9-11-19)16-23(28)26-21-6-4-3-5-7-21/h3-15,17,24H,16H2,1-2H3,(H,26,28)(H,29,30)(H,31,32). The number of carbonyl (C=O) groups excluding carboxylic acids is 1. The van der Waals surface area contributed by atoms with E-state index in [1.165, 1.54) is 0 Å². The zero-order valence-electron chi connectivity index (χ0n) is 18.3. The number of hydrogen-bond donors (Lipinski definition) is 3. The molecule has 3 N–H and O–H groups in total. The third kappa shape index (κ3) is 6.27. The minimum absolute atomic E-state index is 0.103. The molecule has 0 aliphatic rings. The number of carbonyl (C=O) groups is 2. The Hall–Kier alpha value is -3.49. The molecule has 0 spiro atoms. The summed E-state index contributed by atoms with van der Waals surface area (Å²) < 4.78 is 22.6. The number of carboxylic acid groups (broad SMARTS) is 1. The lowest BCUT2D eigenvalue weighted by molar-refractivity contribution is -0.139. The maximum absolute atomic E-state index is 12.2. The topological polar surface area (TPSA) is 107 Å². The largest absolute Gasteiger partial charge is 0.480 e. The lowest BCUT2D eigenvalue weighted by Crippen LogP contribution is -2.45. The van der Waals surface area contributed by atoms with E-state index in [0.29, 0.717) is 5.69 Å². The van der Waals surface area contributed by atoms with Gasteiger partial charge in [-0.2, -0.15) is 0 Å². The number of carboxylic acids is 1. The van der Waals surface area contributed by atoms with E-state index in [4.69, 9.17) is 0 Å². The molecule has 7 nitrogen and oxygen atoms in total. The molecule has 2 atom stereocenters. The first kappa shape index (κ1) is 24.2. The van der Waals surface area contributed by atoms with Crippen molar-refractivity contribution in [3.05, 3.63) is 84.4 Å². The number of anilines is 2. The van der Waals surface area contributed by atoms with Gasteiger partial charge in [0.25, 0.3) is 11.3 Å². The highest BCUT2D eigenvalue weighted by Crippen LogP contribution is 2.27. The highest BCUT2D eigenvalue weighted by molar-refractivity contribution is 7.80. The highest BCUT2D eigenvalue weighted by Gasteiger charge is 2.32.